The number of esters is 1. The number of nitrogens with zero attached hydrogens (tertiary/aromatic N) is 1. The van der Waals surface area contributed by atoms with Gasteiger partial charge in [-0.1, -0.05) is 30.3 Å². The van der Waals surface area contributed by atoms with Crippen LogP contribution in [0.4, 0.5) is 0 Å². The molecule has 2 rings (SSSR count). The van der Waals surface area contributed by atoms with Crippen molar-refractivity contribution < 1.29 is 14.6 Å². The van der Waals surface area contributed by atoms with Crippen molar-refractivity contribution >= 4 is 5.97 Å². The summed E-state index contributed by atoms with van der Waals surface area (Å²) in [4.78, 5) is 14.2. The SMILES string of the molecule is CCOC(=O)[C@]1(C)CCN(Cc2ccccc2)C[C@@H]1O. The van der Waals surface area contributed by atoms with Crippen molar-refractivity contribution in [2.24, 2.45) is 5.41 Å². The zero-order valence-electron chi connectivity index (χ0n) is 12.2. The smallest absolute Gasteiger partial charge is 0.314 e. The molecule has 0 aliphatic carbocycles. The Balaban J connectivity index is 1.97. The molecule has 4 heteroatoms. The Labute approximate surface area is 120 Å². The first-order valence-electron chi connectivity index (χ1n) is 7.18. The number of carbonyl (C=O) groups is 1. The summed E-state index contributed by atoms with van der Waals surface area (Å²) in [5, 5.41) is 10.3. The molecule has 20 heavy (non-hydrogen) atoms. The van der Waals surface area contributed by atoms with Crippen molar-refractivity contribution in [1.29, 1.82) is 0 Å². The molecule has 1 aromatic rings. The Morgan fingerprint density at radius 3 is 2.75 bits per heavy atom. The van der Waals surface area contributed by atoms with Crippen molar-refractivity contribution in [3.63, 3.8) is 0 Å². The lowest BCUT2D eigenvalue weighted by molar-refractivity contribution is -0.167. The second kappa shape index (κ2) is 6.37. The first kappa shape index (κ1) is 15.0. The van der Waals surface area contributed by atoms with Crippen LogP contribution in [0, 0.1) is 5.41 Å². The molecular formula is C16H23NO3. The summed E-state index contributed by atoms with van der Waals surface area (Å²) >= 11 is 0. The zero-order chi connectivity index (χ0) is 14.6. The molecule has 0 saturated carbocycles. The molecule has 1 fully saturated rings. The van der Waals surface area contributed by atoms with Gasteiger partial charge in [-0.3, -0.25) is 9.69 Å². The molecule has 1 N–H and O–H groups in total. The Morgan fingerprint density at radius 1 is 1.45 bits per heavy atom. The number of aliphatic hydroxyl groups excluding tert-OH is 1. The van der Waals surface area contributed by atoms with Crippen molar-refractivity contribution in [3.8, 4) is 0 Å². The van der Waals surface area contributed by atoms with Gasteiger partial charge in [-0.05, 0) is 32.4 Å². The quantitative estimate of drug-likeness (QED) is 0.853. The van der Waals surface area contributed by atoms with E-state index >= 15 is 0 Å². The summed E-state index contributed by atoms with van der Waals surface area (Å²) < 4.78 is 5.09. The molecular weight excluding hydrogens is 254 g/mol. The molecule has 4 nitrogen and oxygen atoms in total. The van der Waals surface area contributed by atoms with Crippen LogP contribution in [0.2, 0.25) is 0 Å². The minimum atomic E-state index is -0.775. The van der Waals surface area contributed by atoms with Crippen LogP contribution in [0.5, 0.6) is 0 Å². The molecule has 1 heterocycles. The van der Waals surface area contributed by atoms with Crippen LogP contribution in [0.15, 0.2) is 30.3 Å². The van der Waals surface area contributed by atoms with Gasteiger partial charge < -0.3 is 9.84 Å². The highest BCUT2D eigenvalue weighted by Gasteiger charge is 2.45. The van der Waals surface area contributed by atoms with Gasteiger partial charge in [0.1, 0.15) is 0 Å². The number of likely N-dealkylation sites (tertiary alicyclic amines) is 1. The normalized spacial score (nSPS) is 27.2. The van der Waals surface area contributed by atoms with Crippen LogP contribution >= 0.6 is 0 Å². The van der Waals surface area contributed by atoms with Crippen LogP contribution in [-0.2, 0) is 16.1 Å². The highest BCUT2D eigenvalue weighted by atomic mass is 16.5. The number of hydrogen-bond acceptors (Lipinski definition) is 4. The fourth-order valence-corrected chi connectivity index (χ4v) is 2.61. The lowest BCUT2D eigenvalue weighted by Gasteiger charge is -2.41. The van der Waals surface area contributed by atoms with Gasteiger partial charge in [-0.2, -0.15) is 0 Å². The van der Waals surface area contributed by atoms with Gasteiger partial charge in [0.15, 0.2) is 0 Å². The third-order valence-electron chi connectivity index (χ3n) is 4.10. The molecule has 110 valence electrons. The summed E-state index contributed by atoms with van der Waals surface area (Å²) in [5.74, 6) is -0.285. The molecule has 0 amide bonds. The number of aliphatic hydroxyl groups is 1. The lowest BCUT2D eigenvalue weighted by atomic mass is 9.78. The van der Waals surface area contributed by atoms with Crippen LogP contribution in [-0.4, -0.2) is 41.8 Å². The van der Waals surface area contributed by atoms with E-state index in [-0.39, 0.29) is 5.97 Å². The van der Waals surface area contributed by atoms with Crippen LogP contribution < -0.4 is 0 Å². The van der Waals surface area contributed by atoms with Crippen LogP contribution in [0.25, 0.3) is 0 Å². The van der Waals surface area contributed by atoms with E-state index in [1.165, 1.54) is 5.56 Å². The predicted molar refractivity (Wildman–Crippen MR) is 77.1 cm³/mol. The van der Waals surface area contributed by atoms with Crippen molar-refractivity contribution in [2.45, 2.75) is 32.9 Å². The van der Waals surface area contributed by atoms with Crippen molar-refractivity contribution in [2.75, 3.05) is 19.7 Å². The van der Waals surface area contributed by atoms with E-state index in [1.54, 1.807) is 13.8 Å². The second-order valence-electron chi connectivity index (χ2n) is 5.62. The average Bonchev–Trinajstić information content (AvgIpc) is 2.44. The maximum atomic E-state index is 12.0. The average molecular weight is 277 g/mol. The molecule has 1 aliphatic heterocycles. The number of piperidine rings is 1. The van der Waals surface area contributed by atoms with E-state index in [2.05, 4.69) is 17.0 Å². The first-order valence-corrected chi connectivity index (χ1v) is 7.18. The van der Waals surface area contributed by atoms with Crippen molar-refractivity contribution in [3.05, 3.63) is 35.9 Å². The molecule has 0 bridgehead atoms. The van der Waals surface area contributed by atoms with Crippen LogP contribution in [0.3, 0.4) is 0 Å². The van der Waals surface area contributed by atoms with Gasteiger partial charge >= 0.3 is 5.97 Å². The molecule has 1 aromatic carbocycles. The fourth-order valence-electron chi connectivity index (χ4n) is 2.61. The standard InChI is InChI=1S/C16H23NO3/c1-3-20-15(19)16(2)9-10-17(12-14(16)18)11-13-7-5-4-6-8-13/h4-8,14,18H,3,9-12H2,1-2H3/t14-,16+/m0/s1. The Bertz CT molecular complexity index is 448. The van der Waals surface area contributed by atoms with Crippen LogP contribution in [0.1, 0.15) is 25.8 Å². The van der Waals surface area contributed by atoms with Crippen molar-refractivity contribution in [1.82, 2.24) is 4.90 Å². The minimum Gasteiger partial charge on any atom is -0.465 e. The topological polar surface area (TPSA) is 49.8 Å². The predicted octanol–water partition coefficient (Wildman–Crippen LogP) is 1.82. The molecule has 1 saturated heterocycles. The molecule has 0 aromatic heterocycles. The molecule has 1 aliphatic rings. The third-order valence-corrected chi connectivity index (χ3v) is 4.10. The number of benzene rings is 1. The largest absolute Gasteiger partial charge is 0.465 e. The highest BCUT2D eigenvalue weighted by Crippen LogP contribution is 2.33. The zero-order valence-corrected chi connectivity index (χ0v) is 12.2. The van der Waals surface area contributed by atoms with Gasteiger partial charge in [0, 0.05) is 13.1 Å². The number of ether oxygens (including phenoxy) is 1. The first-order chi connectivity index (χ1) is 9.56. The lowest BCUT2D eigenvalue weighted by Crippen LogP contribution is -2.53. The van der Waals surface area contributed by atoms with E-state index in [1.807, 2.05) is 18.2 Å². The number of rotatable bonds is 4. The highest BCUT2D eigenvalue weighted by molar-refractivity contribution is 5.77. The summed E-state index contributed by atoms with van der Waals surface area (Å²) in [6, 6.07) is 10.2. The van der Waals surface area contributed by atoms with E-state index in [0.29, 0.717) is 19.6 Å². The Hall–Kier alpha value is -1.39. The number of β-amino-alcohol motifs (C(OH)–C–C–N with tert-alkyl or cyclic N) is 1. The number of hydrogen-bond donors (Lipinski definition) is 1. The molecule has 0 unspecified atom stereocenters. The third kappa shape index (κ3) is 3.19. The van der Waals surface area contributed by atoms with E-state index in [0.717, 1.165) is 13.1 Å². The maximum absolute atomic E-state index is 12.0. The molecule has 2 atom stereocenters. The Kier molecular flexibility index (Phi) is 4.78. The fraction of sp³-hybridized carbons (Fsp3) is 0.562. The Morgan fingerprint density at radius 2 is 2.15 bits per heavy atom. The monoisotopic (exact) mass is 277 g/mol. The van der Waals surface area contributed by atoms with Gasteiger partial charge in [0.25, 0.3) is 0 Å². The van der Waals surface area contributed by atoms with Gasteiger partial charge in [-0.25, -0.2) is 0 Å². The van der Waals surface area contributed by atoms with E-state index in [4.69, 9.17) is 4.74 Å². The van der Waals surface area contributed by atoms with E-state index < -0.39 is 11.5 Å². The second-order valence-corrected chi connectivity index (χ2v) is 5.62. The molecule has 0 spiro atoms. The number of carbonyl (C=O) groups excluding carboxylic acids is 1. The van der Waals surface area contributed by atoms with Gasteiger partial charge in [0.05, 0.1) is 18.1 Å². The summed E-state index contributed by atoms with van der Waals surface area (Å²) in [6.45, 7) is 6.05. The minimum absolute atomic E-state index is 0.285. The summed E-state index contributed by atoms with van der Waals surface area (Å²) in [7, 11) is 0. The summed E-state index contributed by atoms with van der Waals surface area (Å²) in [6.07, 6.45) is -0.0566. The summed E-state index contributed by atoms with van der Waals surface area (Å²) in [5.41, 5.74) is 0.447. The van der Waals surface area contributed by atoms with E-state index in [9.17, 15) is 9.90 Å². The molecule has 0 radical (unpaired) electrons. The van der Waals surface area contributed by atoms with Gasteiger partial charge in [0.2, 0.25) is 0 Å². The van der Waals surface area contributed by atoms with Gasteiger partial charge in [-0.15, -0.1) is 0 Å². The maximum Gasteiger partial charge on any atom is 0.314 e.